The van der Waals surface area contributed by atoms with Gasteiger partial charge in [0, 0.05) is 6.42 Å². The van der Waals surface area contributed by atoms with E-state index in [1.54, 1.807) is 0 Å². The van der Waals surface area contributed by atoms with Gasteiger partial charge in [-0.25, -0.2) is 0 Å². The molecule has 0 radical (unpaired) electrons. The number of esters is 1. The summed E-state index contributed by atoms with van der Waals surface area (Å²) in [6, 6.07) is 7.05. The number of hydrogen-bond donors (Lipinski definition) is 2. The molecule has 0 saturated carbocycles. The van der Waals surface area contributed by atoms with Crippen LogP contribution >= 0.6 is 12.4 Å². The van der Waals surface area contributed by atoms with E-state index in [1.807, 2.05) is 45.0 Å². The van der Waals surface area contributed by atoms with E-state index >= 15 is 0 Å². The number of carbonyl (C=O) groups excluding carboxylic acids is 2. The van der Waals surface area contributed by atoms with Crippen molar-refractivity contribution < 1.29 is 19.1 Å². The van der Waals surface area contributed by atoms with Crippen molar-refractivity contribution in [3.8, 4) is 5.75 Å². The van der Waals surface area contributed by atoms with Crippen molar-refractivity contribution in [2.45, 2.75) is 45.4 Å². The third kappa shape index (κ3) is 5.11. The number of para-hydroxylation sites is 1. The Morgan fingerprint density at radius 1 is 1.38 bits per heavy atom. The maximum absolute atomic E-state index is 11.9. The number of ether oxygens (including phenoxy) is 2. The Bertz CT molecular complexity index is 579. The van der Waals surface area contributed by atoms with Gasteiger partial charge in [0.15, 0.2) is 0 Å². The minimum atomic E-state index is -0.633. The molecular formula is C17H25ClN2O4. The number of halogens is 1. The van der Waals surface area contributed by atoms with E-state index in [2.05, 4.69) is 5.32 Å². The molecule has 1 aromatic rings. The molecule has 1 aromatic carbocycles. The smallest absolute Gasteiger partial charge is 0.325 e. The van der Waals surface area contributed by atoms with E-state index in [1.165, 1.54) is 0 Å². The van der Waals surface area contributed by atoms with Gasteiger partial charge in [-0.3, -0.25) is 9.59 Å². The molecule has 7 heteroatoms. The first-order chi connectivity index (χ1) is 10.9. The Labute approximate surface area is 148 Å². The highest BCUT2D eigenvalue weighted by atomic mass is 35.5. The van der Waals surface area contributed by atoms with Crippen LogP contribution in [0, 0.1) is 5.92 Å². The Morgan fingerprint density at radius 3 is 2.71 bits per heavy atom. The predicted molar refractivity (Wildman–Crippen MR) is 93.2 cm³/mol. The molecule has 0 bridgehead atoms. The maximum atomic E-state index is 11.9. The molecule has 2 unspecified atom stereocenters. The Morgan fingerprint density at radius 2 is 2.04 bits per heavy atom. The number of amides is 1. The van der Waals surface area contributed by atoms with Gasteiger partial charge in [-0.15, -0.1) is 12.4 Å². The van der Waals surface area contributed by atoms with Crippen LogP contribution < -0.4 is 15.8 Å². The largest absolute Gasteiger partial charge is 0.487 e. The topological polar surface area (TPSA) is 90.6 Å². The van der Waals surface area contributed by atoms with Gasteiger partial charge in [-0.05, 0) is 24.5 Å². The van der Waals surface area contributed by atoms with Crippen molar-refractivity contribution >= 4 is 24.3 Å². The fourth-order valence-corrected chi connectivity index (χ4v) is 2.37. The van der Waals surface area contributed by atoms with E-state index in [4.69, 9.17) is 15.2 Å². The molecule has 1 aliphatic rings. The van der Waals surface area contributed by atoms with Gasteiger partial charge < -0.3 is 20.5 Å². The third-order valence-corrected chi connectivity index (χ3v) is 3.94. The van der Waals surface area contributed by atoms with Crippen molar-refractivity contribution in [1.82, 2.24) is 5.32 Å². The van der Waals surface area contributed by atoms with Crippen molar-refractivity contribution in [3.63, 3.8) is 0 Å². The Kier molecular flexibility index (Phi) is 7.51. The zero-order valence-corrected chi connectivity index (χ0v) is 15.0. The van der Waals surface area contributed by atoms with Crippen molar-refractivity contribution in [1.29, 1.82) is 0 Å². The average molecular weight is 357 g/mol. The summed E-state index contributed by atoms with van der Waals surface area (Å²) < 4.78 is 11.2. The summed E-state index contributed by atoms with van der Waals surface area (Å²) in [6.45, 7) is 5.37. The van der Waals surface area contributed by atoms with E-state index in [0.717, 1.165) is 11.3 Å². The first-order valence-corrected chi connectivity index (χ1v) is 7.85. The van der Waals surface area contributed by atoms with Crippen molar-refractivity contribution in [3.05, 3.63) is 29.8 Å². The monoisotopic (exact) mass is 356 g/mol. The zero-order chi connectivity index (χ0) is 17.0. The molecule has 2 rings (SSSR count). The van der Waals surface area contributed by atoms with E-state index in [-0.39, 0.29) is 43.0 Å². The molecule has 134 valence electrons. The molecule has 3 N–H and O–H groups in total. The minimum Gasteiger partial charge on any atom is -0.487 e. The Balaban J connectivity index is 0.00000288. The summed E-state index contributed by atoms with van der Waals surface area (Å²) in [5.74, 6) is -0.0119. The van der Waals surface area contributed by atoms with Crippen LogP contribution in [0.3, 0.4) is 0 Å². The van der Waals surface area contributed by atoms with Crippen LogP contribution in [-0.2, 0) is 20.7 Å². The summed E-state index contributed by atoms with van der Waals surface area (Å²) in [5.41, 5.74) is 6.73. The molecule has 0 fully saturated rings. The first-order valence-electron chi connectivity index (χ1n) is 7.85. The quantitative estimate of drug-likeness (QED) is 0.779. The van der Waals surface area contributed by atoms with Crippen molar-refractivity contribution in [2.24, 2.45) is 11.7 Å². The van der Waals surface area contributed by atoms with Gasteiger partial charge in [0.05, 0.1) is 6.04 Å². The number of fused-ring (bicyclic) bond motifs is 1. The third-order valence-electron chi connectivity index (χ3n) is 3.94. The first kappa shape index (κ1) is 20.3. The summed E-state index contributed by atoms with van der Waals surface area (Å²) >= 11 is 0. The fourth-order valence-electron chi connectivity index (χ4n) is 2.37. The van der Waals surface area contributed by atoms with Crippen LogP contribution in [0.5, 0.6) is 5.75 Å². The van der Waals surface area contributed by atoms with E-state index in [9.17, 15) is 9.59 Å². The van der Waals surface area contributed by atoms with Crippen LogP contribution in [0.25, 0.3) is 0 Å². The van der Waals surface area contributed by atoms with Crippen LogP contribution in [0.2, 0.25) is 0 Å². The number of hydrogen-bond acceptors (Lipinski definition) is 5. The summed E-state index contributed by atoms with van der Waals surface area (Å²) in [6.07, 6.45) is -0.00161. The molecule has 1 aliphatic heterocycles. The Hall–Kier alpha value is -1.79. The molecule has 0 spiro atoms. The van der Waals surface area contributed by atoms with Crippen LogP contribution in [0.15, 0.2) is 24.3 Å². The summed E-state index contributed by atoms with van der Waals surface area (Å²) in [4.78, 5) is 23.7. The second kappa shape index (κ2) is 8.89. The molecule has 1 heterocycles. The summed E-state index contributed by atoms with van der Waals surface area (Å²) in [7, 11) is 0. The molecule has 1 amide bonds. The zero-order valence-electron chi connectivity index (χ0n) is 14.2. The lowest BCUT2D eigenvalue weighted by molar-refractivity contribution is -0.154. The summed E-state index contributed by atoms with van der Waals surface area (Å²) in [5, 5.41) is 2.51. The molecule has 0 aliphatic carbocycles. The lowest BCUT2D eigenvalue weighted by atomic mass is 10.0. The number of benzene rings is 1. The van der Waals surface area contributed by atoms with Crippen molar-refractivity contribution in [2.75, 3.05) is 6.54 Å². The van der Waals surface area contributed by atoms with E-state index in [0.29, 0.717) is 6.42 Å². The molecular weight excluding hydrogens is 332 g/mol. The highest BCUT2D eigenvalue weighted by Crippen LogP contribution is 2.28. The number of carbonyl (C=O) groups is 2. The average Bonchev–Trinajstić information content (AvgIpc) is 2.52. The molecule has 3 atom stereocenters. The number of nitrogens with one attached hydrogen (secondary N) is 1. The minimum absolute atomic E-state index is 0. The molecule has 0 aromatic heterocycles. The van der Waals surface area contributed by atoms with Crippen LogP contribution in [0.4, 0.5) is 0 Å². The lowest BCUT2D eigenvalue weighted by Crippen LogP contribution is -2.47. The predicted octanol–water partition coefficient (Wildman–Crippen LogP) is 1.44. The second-order valence-corrected chi connectivity index (χ2v) is 6.15. The normalized spacial score (nSPS) is 20.2. The molecule has 24 heavy (non-hydrogen) atoms. The van der Waals surface area contributed by atoms with Crippen LogP contribution in [0.1, 0.15) is 26.3 Å². The van der Waals surface area contributed by atoms with Gasteiger partial charge in [0.1, 0.15) is 24.5 Å². The lowest BCUT2D eigenvalue weighted by Gasteiger charge is -2.31. The maximum Gasteiger partial charge on any atom is 0.325 e. The van der Waals surface area contributed by atoms with Gasteiger partial charge >= 0.3 is 5.97 Å². The fraction of sp³-hybridized carbons (Fsp3) is 0.529. The number of rotatable bonds is 5. The number of nitrogens with two attached hydrogens (primary N) is 1. The van der Waals surface area contributed by atoms with Crippen LogP contribution in [-0.4, -0.2) is 36.7 Å². The molecule has 6 nitrogen and oxygen atoms in total. The SMILES string of the molecule is CC1Oc2ccccc2CC1OC(=O)CNC(=O)[C@@H](N)C(C)C.Cl. The van der Waals surface area contributed by atoms with Gasteiger partial charge in [0.25, 0.3) is 0 Å². The van der Waals surface area contributed by atoms with Gasteiger partial charge in [-0.2, -0.15) is 0 Å². The molecule has 0 saturated heterocycles. The standard InChI is InChI=1S/C17H24N2O4.ClH/c1-10(2)16(18)17(21)19-9-15(20)23-14-8-12-6-4-5-7-13(12)22-11(14)3;/h4-7,10-11,14,16H,8-9,18H2,1-3H3,(H,19,21);1H/t11?,14?,16-;/m0./s1. The second-order valence-electron chi connectivity index (χ2n) is 6.15. The van der Waals surface area contributed by atoms with Gasteiger partial charge in [0.2, 0.25) is 5.91 Å². The highest BCUT2D eigenvalue weighted by molar-refractivity contribution is 5.86. The van der Waals surface area contributed by atoms with E-state index < -0.39 is 12.0 Å². The van der Waals surface area contributed by atoms with Gasteiger partial charge in [-0.1, -0.05) is 32.0 Å². The highest BCUT2D eigenvalue weighted by Gasteiger charge is 2.29.